The van der Waals surface area contributed by atoms with E-state index in [2.05, 4.69) is 5.32 Å². The summed E-state index contributed by atoms with van der Waals surface area (Å²) in [5.41, 5.74) is 4.91. The van der Waals surface area contributed by atoms with Crippen LogP contribution in [0.15, 0.2) is 72.8 Å². The maximum absolute atomic E-state index is 13.1. The molecule has 0 heterocycles. The first-order chi connectivity index (χ1) is 16.8. The van der Waals surface area contributed by atoms with Crippen LogP contribution in [-0.4, -0.2) is 47.7 Å². The van der Waals surface area contributed by atoms with Gasteiger partial charge in [-0.3, -0.25) is 9.59 Å². The summed E-state index contributed by atoms with van der Waals surface area (Å²) in [4.78, 5) is 38.1. The third-order valence-corrected chi connectivity index (χ3v) is 6.02. The number of carbonyl (C=O) groups is 3. The number of fused-ring (bicyclic) bond motifs is 3. The minimum absolute atomic E-state index is 0.0409. The number of carboxylic acids is 1. The lowest BCUT2D eigenvalue weighted by atomic mass is 9.98. The van der Waals surface area contributed by atoms with Crippen molar-refractivity contribution in [2.24, 2.45) is 0 Å². The summed E-state index contributed by atoms with van der Waals surface area (Å²) in [5, 5.41) is 11.7. The molecule has 0 radical (unpaired) electrons. The van der Waals surface area contributed by atoms with Gasteiger partial charge in [-0.1, -0.05) is 60.7 Å². The van der Waals surface area contributed by atoms with Crippen LogP contribution in [0, 0.1) is 5.82 Å². The molecule has 0 fully saturated rings. The molecule has 35 heavy (non-hydrogen) atoms. The fourth-order valence-electron chi connectivity index (χ4n) is 4.36. The summed E-state index contributed by atoms with van der Waals surface area (Å²) in [6.07, 6.45) is -1.47. The van der Waals surface area contributed by atoms with Gasteiger partial charge in [0.25, 0.3) is 0 Å². The van der Waals surface area contributed by atoms with Gasteiger partial charge in [0, 0.05) is 19.5 Å². The van der Waals surface area contributed by atoms with Gasteiger partial charge in [0.05, 0.1) is 6.42 Å². The Morgan fingerprint density at radius 3 is 2.11 bits per heavy atom. The number of benzene rings is 3. The van der Waals surface area contributed by atoms with Gasteiger partial charge in [0.2, 0.25) is 5.91 Å². The summed E-state index contributed by atoms with van der Waals surface area (Å²) in [5.74, 6) is -2.39. The van der Waals surface area contributed by atoms with Crippen molar-refractivity contribution in [3.05, 3.63) is 95.3 Å². The van der Waals surface area contributed by atoms with E-state index in [0.717, 1.165) is 22.3 Å². The Labute approximate surface area is 202 Å². The average Bonchev–Trinajstić information content (AvgIpc) is 3.16. The Hall–Kier alpha value is -4.20. The smallest absolute Gasteiger partial charge is 0.407 e. The molecule has 1 aliphatic rings. The van der Waals surface area contributed by atoms with Crippen molar-refractivity contribution >= 4 is 18.0 Å². The number of carbonyl (C=O) groups excluding carboxylic acids is 2. The van der Waals surface area contributed by atoms with Gasteiger partial charge in [-0.15, -0.1) is 0 Å². The van der Waals surface area contributed by atoms with Crippen molar-refractivity contribution in [1.29, 1.82) is 0 Å². The number of aliphatic carboxylic acids is 1. The average molecular weight is 477 g/mol. The summed E-state index contributed by atoms with van der Waals surface area (Å²) >= 11 is 0. The number of carboxylic acid groups (broad SMARTS) is 1. The van der Waals surface area contributed by atoms with Crippen LogP contribution in [-0.2, 0) is 20.9 Å². The van der Waals surface area contributed by atoms with Crippen LogP contribution in [0.1, 0.15) is 29.0 Å². The molecule has 3 aromatic rings. The van der Waals surface area contributed by atoms with E-state index in [9.17, 15) is 23.9 Å². The summed E-state index contributed by atoms with van der Waals surface area (Å²) in [7, 11) is 1.49. The van der Waals surface area contributed by atoms with Crippen molar-refractivity contribution in [3.8, 4) is 11.1 Å². The van der Waals surface area contributed by atoms with E-state index in [4.69, 9.17) is 4.74 Å². The second kappa shape index (κ2) is 10.4. The maximum atomic E-state index is 13.1. The number of nitrogens with zero attached hydrogens (tertiary/aromatic N) is 1. The summed E-state index contributed by atoms with van der Waals surface area (Å²) < 4.78 is 18.6. The molecule has 0 saturated heterocycles. The number of nitrogens with one attached hydrogen (secondary N) is 1. The molecule has 2 N–H and O–H groups in total. The number of alkyl carbamates (subject to hydrolysis) is 1. The first kappa shape index (κ1) is 23.9. The highest BCUT2D eigenvalue weighted by molar-refractivity contribution is 5.89. The van der Waals surface area contributed by atoms with E-state index in [1.165, 1.54) is 36.2 Å². The molecule has 2 amide bonds. The lowest BCUT2D eigenvalue weighted by molar-refractivity contribution is -0.142. The van der Waals surface area contributed by atoms with Crippen molar-refractivity contribution in [2.75, 3.05) is 13.7 Å². The number of hydrogen-bond acceptors (Lipinski definition) is 4. The lowest BCUT2D eigenvalue weighted by Gasteiger charge is -2.24. The Morgan fingerprint density at radius 2 is 1.54 bits per heavy atom. The van der Waals surface area contributed by atoms with Gasteiger partial charge < -0.3 is 20.1 Å². The fourth-order valence-corrected chi connectivity index (χ4v) is 4.36. The molecule has 1 aliphatic carbocycles. The molecular formula is C27H25FN2O5. The molecule has 3 aromatic carbocycles. The van der Waals surface area contributed by atoms with Crippen LogP contribution in [0.3, 0.4) is 0 Å². The minimum atomic E-state index is -1.31. The first-order valence-corrected chi connectivity index (χ1v) is 11.2. The van der Waals surface area contributed by atoms with Gasteiger partial charge in [0.15, 0.2) is 0 Å². The third-order valence-electron chi connectivity index (χ3n) is 6.02. The van der Waals surface area contributed by atoms with Crippen molar-refractivity contribution in [3.63, 3.8) is 0 Å². The Bertz CT molecular complexity index is 1200. The van der Waals surface area contributed by atoms with E-state index in [0.29, 0.717) is 5.56 Å². The molecule has 4 rings (SSSR count). The maximum Gasteiger partial charge on any atom is 0.407 e. The van der Waals surface area contributed by atoms with Gasteiger partial charge in [-0.05, 0) is 39.9 Å². The van der Waals surface area contributed by atoms with E-state index >= 15 is 0 Å². The van der Waals surface area contributed by atoms with Crippen molar-refractivity contribution in [2.45, 2.75) is 24.9 Å². The molecule has 0 spiro atoms. The van der Waals surface area contributed by atoms with E-state index in [-0.39, 0.29) is 19.1 Å². The Kier molecular flexibility index (Phi) is 7.10. The molecular weight excluding hydrogens is 451 g/mol. The summed E-state index contributed by atoms with van der Waals surface area (Å²) in [6.45, 7) is 0.168. The highest BCUT2D eigenvalue weighted by atomic mass is 19.1. The number of ether oxygens (including phenoxy) is 1. The Balaban J connectivity index is 1.41. The zero-order valence-corrected chi connectivity index (χ0v) is 19.1. The molecule has 1 atom stereocenters. The Morgan fingerprint density at radius 1 is 0.971 bits per heavy atom. The molecule has 1 unspecified atom stereocenters. The van der Waals surface area contributed by atoms with E-state index in [1.54, 1.807) is 0 Å². The van der Waals surface area contributed by atoms with Gasteiger partial charge in [-0.2, -0.15) is 0 Å². The molecule has 180 valence electrons. The normalized spacial score (nSPS) is 12.9. The van der Waals surface area contributed by atoms with Gasteiger partial charge >= 0.3 is 12.1 Å². The van der Waals surface area contributed by atoms with Crippen LogP contribution < -0.4 is 5.32 Å². The quantitative estimate of drug-likeness (QED) is 0.509. The molecule has 0 bridgehead atoms. The van der Waals surface area contributed by atoms with E-state index < -0.39 is 36.2 Å². The van der Waals surface area contributed by atoms with Crippen LogP contribution in [0.25, 0.3) is 11.1 Å². The first-order valence-electron chi connectivity index (χ1n) is 11.2. The predicted octanol–water partition coefficient (Wildman–Crippen LogP) is 4.17. The lowest BCUT2D eigenvalue weighted by Crippen LogP contribution is -2.48. The molecule has 0 saturated carbocycles. The van der Waals surface area contributed by atoms with Crippen LogP contribution in [0.5, 0.6) is 0 Å². The molecule has 0 aliphatic heterocycles. The number of likely N-dealkylation sites (N-methyl/N-ethyl adjacent to an activating group) is 1. The topological polar surface area (TPSA) is 95.9 Å². The highest BCUT2D eigenvalue weighted by Crippen LogP contribution is 2.44. The zero-order chi connectivity index (χ0) is 24.9. The monoisotopic (exact) mass is 476 g/mol. The van der Waals surface area contributed by atoms with Crippen molar-refractivity contribution in [1.82, 2.24) is 10.2 Å². The zero-order valence-electron chi connectivity index (χ0n) is 19.1. The molecule has 7 nitrogen and oxygen atoms in total. The SMILES string of the molecule is CN(Cc1ccc(F)cc1)C(=O)C(CC(=O)O)NC(=O)OCC1c2ccccc2-c2ccccc21. The number of amides is 2. The molecule has 0 aromatic heterocycles. The second-order valence-corrected chi connectivity index (χ2v) is 8.44. The van der Waals surface area contributed by atoms with Gasteiger partial charge in [-0.25, -0.2) is 9.18 Å². The number of rotatable bonds is 8. The number of halogens is 1. The van der Waals surface area contributed by atoms with Crippen molar-refractivity contribution < 1.29 is 28.6 Å². The van der Waals surface area contributed by atoms with Crippen LogP contribution in [0.2, 0.25) is 0 Å². The number of hydrogen-bond donors (Lipinski definition) is 2. The standard InChI is InChI=1S/C27H25FN2O5/c1-30(15-17-10-12-18(28)13-11-17)26(33)24(14-25(31)32)29-27(34)35-16-23-21-8-4-2-6-19(21)20-7-3-5-9-22(20)23/h2-13,23-24H,14-16H2,1H3,(H,29,34)(H,31,32). The van der Waals surface area contributed by atoms with E-state index in [1.807, 2.05) is 48.5 Å². The molecule has 8 heteroatoms. The highest BCUT2D eigenvalue weighted by Gasteiger charge is 2.31. The second-order valence-electron chi connectivity index (χ2n) is 8.44. The fraction of sp³-hybridized carbons (Fsp3) is 0.222. The summed E-state index contributed by atoms with van der Waals surface area (Å²) in [6, 6.07) is 20.1. The largest absolute Gasteiger partial charge is 0.481 e. The third kappa shape index (κ3) is 5.48. The van der Waals surface area contributed by atoms with Crippen LogP contribution >= 0.6 is 0 Å². The van der Waals surface area contributed by atoms with Gasteiger partial charge in [0.1, 0.15) is 18.5 Å². The van der Waals surface area contributed by atoms with Crippen LogP contribution in [0.4, 0.5) is 9.18 Å². The predicted molar refractivity (Wildman–Crippen MR) is 127 cm³/mol. The minimum Gasteiger partial charge on any atom is -0.481 e.